The van der Waals surface area contributed by atoms with Crippen LogP contribution in [0, 0.1) is 25.5 Å². The van der Waals surface area contributed by atoms with Crippen molar-refractivity contribution in [1.29, 1.82) is 0 Å². The highest BCUT2D eigenvalue weighted by atomic mass is 19.1. The quantitative estimate of drug-likeness (QED) is 0.600. The Morgan fingerprint density at radius 1 is 0.966 bits per heavy atom. The average Bonchev–Trinajstić information content (AvgIpc) is 2.68. The number of hydrogen-bond donors (Lipinski definition) is 2. The van der Waals surface area contributed by atoms with E-state index < -0.39 is 11.6 Å². The summed E-state index contributed by atoms with van der Waals surface area (Å²) < 4.78 is 27.5. The summed E-state index contributed by atoms with van der Waals surface area (Å²) in [6.45, 7) is 7.85. The van der Waals surface area contributed by atoms with Crippen molar-refractivity contribution in [2.75, 3.05) is 13.1 Å². The largest absolute Gasteiger partial charge is 0.331 e. The zero-order valence-corrected chi connectivity index (χ0v) is 18.1. The van der Waals surface area contributed by atoms with Gasteiger partial charge in [-0.2, -0.15) is 0 Å². The fraction of sp³-hybridized carbons (Fsp3) is 0.520. The van der Waals surface area contributed by atoms with E-state index >= 15 is 0 Å². The van der Waals surface area contributed by atoms with Crippen molar-refractivity contribution in [2.24, 2.45) is 5.73 Å². The average molecular weight is 403 g/mol. The van der Waals surface area contributed by atoms with Gasteiger partial charge in [-0.15, -0.1) is 0 Å². The lowest BCUT2D eigenvalue weighted by Crippen LogP contribution is -2.38. The Balaban J connectivity index is 0.000000941. The van der Waals surface area contributed by atoms with Crippen LogP contribution >= 0.6 is 0 Å². The lowest BCUT2D eigenvalue weighted by atomic mass is 9.77. The molecule has 29 heavy (non-hydrogen) atoms. The monoisotopic (exact) mass is 402 g/mol. The predicted octanol–water partition coefficient (Wildman–Crippen LogP) is 5.80. The third-order valence-corrected chi connectivity index (χ3v) is 5.75. The summed E-state index contributed by atoms with van der Waals surface area (Å²) in [5, 5.41) is 3.69. The Morgan fingerprint density at radius 2 is 1.52 bits per heavy atom. The fourth-order valence-corrected chi connectivity index (χ4v) is 4.46. The molecule has 0 heterocycles. The van der Waals surface area contributed by atoms with Gasteiger partial charge in [0.25, 0.3) is 0 Å². The van der Waals surface area contributed by atoms with E-state index in [9.17, 15) is 8.78 Å². The van der Waals surface area contributed by atoms with Gasteiger partial charge in [-0.3, -0.25) is 0 Å². The molecule has 0 aliphatic heterocycles. The molecular weight excluding hydrogens is 366 g/mol. The summed E-state index contributed by atoms with van der Waals surface area (Å²) in [6.07, 6.45) is 6.09. The molecule has 0 bridgehead atoms. The molecule has 2 aromatic carbocycles. The Kier molecular flexibility index (Phi) is 9.75. The highest BCUT2D eigenvalue weighted by Crippen LogP contribution is 2.36. The number of aryl methyl sites for hydroxylation is 2. The second kappa shape index (κ2) is 12.0. The lowest BCUT2D eigenvalue weighted by molar-refractivity contribution is 0.325. The summed E-state index contributed by atoms with van der Waals surface area (Å²) in [7, 11) is 0. The van der Waals surface area contributed by atoms with Crippen molar-refractivity contribution in [2.45, 2.75) is 71.3 Å². The minimum absolute atomic E-state index is 0.212. The normalized spacial score (nSPS) is 18.8. The highest BCUT2D eigenvalue weighted by molar-refractivity contribution is 5.37. The van der Waals surface area contributed by atoms with Crippen LogP contribution in [0.4, 0.5) is 8.78 Å². The van der Waals surface area contributed by atoms with Crippen LogP contribution in [-0.2, 0) is 6.42 Å². The van der Waals surface area contributed by atoms with E-state index in [0.717, 1.165) is 19.5 Å². The van der Waals surface area contributed by atoms with E-state index in [4.69, 9.17) is 5.73 Å². The predicted molar refractivity (Wildman–Crippen MR) is 118 cm³/mol. The van der Waals surface area contributed by atoms with Crippen molar-refractivity contribution in [3.05, 3.63) is 70.3 Å². The van der Waals surface area contributed by atoms with E-state index in [1.165, 1.54) is 60.6 Å². The summed E-state index contributed by atoms with van der Waals surface area (Å²) in [5.41, 5.74) is 9.29. The van der Waals surface area contributed by atoms with Gasteiger partial charge in [0.1, 0.15) is 11.6 Å². The molecule has 1 saturated carbocycles. The summed E-state index contributed by atoms with van der Waals surface area (Å²) in [6, 6.07) is 11.1. The molecule has 2 nitrogen and oxygen atoms in total. The summed E-state index contributed by atoms with van der Waals surface area (Å²) in [4.78, 5) is 0. The van der Waals surface area contributed by atoms with Gasteiger partial charge in [-0.25, -0.2) is 8.78 Å². The Morgan fingerprint density at radius 3 is 2.14 bits per heavy atom. The molecule has 4 heteroatoms. The van der Waals surface area contributed by atoms with Crippen LogP contribution in [0.15, 0.2) is 36.4 Å². The van der Waals surface area contributed by atoms with Gasteiger partial charge < -0.3 is 11.1 Å². The zero-order chi connectivity index (χ0) is 21.2. The number of hydrogen-bond acceptors (Lipinski definition) is 2. The van der Waals surface area contributed by atoms with E-state index in [-0.39, 0.29) is 5.56 Å². The van der Waals surface area contributed by atoms with Crippen LogP contribution in [0.5, 0.6) is 0 Å². The van der Waals surface area contributed by atoms with Crippen LogP contribution < -0.4 is 11.1 Å². The number of rotatable bonds is 6. The first kappa shape index (κ1) is 23.5. The minimum atomic E-state index is -0.434. The first-order valence-corrected chi connectivity index (χ1v) is 10.9. The maximum Gasteiger partial charge on any atom is 0.129 e. The molecule has 2 atom stereocenters. The molecule has 0 aromatic heterocycles. The molecule has 2 aromatic rings. The second-order valence-electron chi connectivity index (χ2n) is 7.97. The fourth-order valence-electron chi connectivity index (χ4n) is 4.46. The SMILES string of the molecule is CCN.Cc1cccc(C)c1C1CCCCC1NCCCc1c(F)cccc1F. The van der Waals surface area contributed by atoms with Crippen molar-refractivity contribution in [3.8, 4) is 0 Å². The third-order valence-electron chi connectivity index (χ3n) is 5.75. The molecule has 0 saturated heterocycles. The number of benzene rings is 2. The van der Waals surface area contributed by atoms with Gasteiger partial charge in [0.15, 0.2) is 0 Å². The topological polar surface area (TPSA) is 38.0 Å². The summed E-state index contributed by atoms with van der Waals surface area (Å²) in [5.74, 6) is -0.331. The first-order chi connectivity index (χ1) is 14.0. The molecule has 1 aliphatic carbocycles. The maximum absolute atomic E-state index is 13.7. The van der Waals surface area contributed by atoms with Crippen molar-refractivity contribution >= 4 is 0 Å². The van der Waals surface area contributed by atoms with E-state index in [0.29, 0.717) is 18.4 Å². The van der Waals surface area contributed by atoms with Crippen LogP contribution in [0.1, 0.15) is 67.2 Å². The van der Waals surface area contributed by atoms with E-state index in [2.05, 4.69) is 37.4 Å². The molecule has 3 N–H and O–H groups in total. The Hall–Kier alpha value is -1.78. The van der Waals surface area contributed by atoms with Crippen LogP contribution in [0.3, 0.4) is 0 Å². The smallest absolute Gasteiger partial charge is 0.129 e. The first-order valence-electron chi connectivity index (χ1n) is 10.9. The zero-order valence-electron chi connectivity index (χ0n) is 18.1. The van der Waals surface area contributed by atoms with Gasteiger partial charge in [0.2, 0.25) is 0 Å². The van der Waals surface area contributed by atoms with Gasteiger partial charge in [0.05, 0.1) is 0 Å². The van der Waals surface area contributed by atoms with Gasteiger partial charge in [-0.1, -0.05) is 44.0 Å². The third kappa shape index (κ3) is 6.61. The highest BCUT2D eigenvalue weighted by Gasteiger charge is 2.28. The molecule has 3 rings (SSSR count). The van der Waals surface area contributed by atoms with Crippen LogP contribution in [0.25, 0.3) is 0 Å². The molecule has 0 amide bonds. The van der Waals surface area contributed by atoms with Crippen LogP contribution in [-0.4, -0.2) is 19.1 Å². The maximum atomic E-state index is 13.7. The van der Waals surface area contributed by atoms with Gasteiger partial charge in [0, 0.05) is 11.6 Å². The number of halogens is 2. The van der Waals surface area contributed by atoms with E-state index in [1.807, 2.05) is 6.92 Å². The molecule has 0 spiro atoms. The standard InChI is InChI=1S/C23H29F2N.C2H7N/c1-16-8-5-9-17(2)23(16)19-10-3-4-14-22(19)26-15-7-11-18-20(24)12-6-13-21(18)25;1-2-3/h5-6,8-9,12-13,19,22,26H,3-4,7,10-11,14-15H2,1-2H3;2-3H2,1H3. The minimum Gasteiger partial charge on any atom is -0.331 e. The molecular formula is C25H36F2N2. The van der Waals surface area contributed by atoms with Crippen LogP contribution in [0.2, 0.25) is 0 Å². The van der Waals surface area contributed by atoms with Crippen molar-refractivity contribution in [3.63, 3.8) is 0 Å². The van der Waals surface area contributed by atoms with Crippen molar-refractivity contribution in [1.82, 2.24) is 5.32 Å². The molecule has 160 valence electrons. The lowest BCUT2D eigenvalue weighted by Gasteiger charge is -2.34. The molecule has 1 aliphatic rings. The van der Waals surface area contributed by atoms with E-state index in [1.54, 1.807) is 0 Å². The summed E-state index contributed by atoms with van der Waals surface area (Å²) >= 11 is 0. The van der Waals surface area contributed by atoms with Gasteiger partial charge >= 0.3 is 0 Å². The number of nitrogens with one attached hydrogen (secondary N) is 1. The van der Waals surface area contributed by atoms with Crippen molar-refractivity contribution < 1.29 is 8.78 Å². The molecule has 0 radical (unpaired) electrons. The Labute approximate surface area is 174 Å². The second-order valence-corrected chi connectivity index (χ2v) is 7.97. The number of nitrogens with two attached hydrogens (primary N) is 1. The van der Waals surface area contributed by atoms with Gasteiger partial charge in [-0.05, 0) is 87.4 Å². The molecule has 2 unspecified atom stereocenters. The molecule has 1 fully saturated rings. The Bertz CT molecular complexity index is 720.